The molecule has 124 valence electrons. The molecule has 0 aromatic heterocycles. The van der Waals surface area contributed by atoms with Gasteiger partial charge in [0, 0.05) is 21.6 Å². The molecule has 2 atom stereocenters. The minimum Gasteiger partial charge on any atom is -0.332 e. The van der Waals surface area contributed by atoms with E-state index in [1.807, 2.05) is 20.8 Å². The van der Waals surface area contributed by atoms with Crippen LogP contribution in [-0.4, -0.2) is 20.4 Å². The molecule has 0 aliphatic carbocycles. The van der Waals surface area contributed by atoms with Gasteiger partial charge in [-0.3, -0.25) is 4.79 Å². The fourth-order valence-corrected chi connectivity index (χ4v) is 4.58. The van der Waals surface area contributed by atoms with Crippen LogP contribution in [0.1, 0.15) is 27.7 Å². The molecule has 0 bridgehead atoms. The Kier molecular flexibility index (Phi) is 5.12. The highest BCUT2D eigenvalue weighted by Gasteiger charge is 2.60. The number of carbonyl (C=O) groups is 1. The Labute approximate surface area is 148 Å². The molecule has 4 nitrogen and oxygen atoms in total. The first kappa shape index (κ1) is 18.3. The number of benzene rings is 1. The Morgan fingerprint density at radius 1 is 1.43 bits per heavy atom. The highest BCUT2D eigenvalue weighted by atomic mass is 79.9. The number of thioether (sulfide) groups is 1. The zero-order valence-corrected chi connectivity index (χ0v) is 15.7. The monoisotopic (exact) mass is 400 g/mol. The van der Waals surface area contributed by atoms with Crippen LogP contribution in [0.2, 0.25) is 0 Å². The Hall–Kier alpha value is -1.07. The Morgan fingerprint density at radius 2 is 2.04 bits per heavy atom. The predicted molar refractivity (Wildman–Crippen MR) is 94.2 cm³/mol. The first-order valence-corrected chi connectivity index (χ1v) is 8.54. The lowest BCUT2D eigenvalue weighted by Crippen LogP contribution is -2.54. The van der Waals surface area contributed by atoms with Crippen molar-refractivity contribution in [3.05, 3.63) is 30.1 Å². The first-order valence-electron chi connectivity index (χ1n) is 7.01. The molecule has 23 heavy (non-hydrogen) atoms. The molecular weight excluding hydrogens is 383 g/mol. The summed E-state index contributed by atoms with van der Waals surface area (Å²) >= 11 is 4.36. The number of hydrogen-bond donors (Lipinski definition) is 0. The average molecular weight is 401 g/mol. The van der Waals surface area contributed by atoms with Gasteiger partial charge in [-0.1, -0.05) is 38.8 Å². The van der Waals surface area contributed by atoms with Gasteiger partial charge in [0.1, 0.15) is 11.9 Å². The summed E-state index contributed by atoms with van der Waals surface area (Å²) in [4.78, 5) is 12.6. The lowest BCUT2D eigenvalue weighted by Gasteiger charge is -2.44. The molecule has 0 saturated carbocycles. The fourth-order valence-electron chi connectivity index (χ4n) is 2.17. The maximum absolute atomic E-state index is 14.1. The van der Waals surface area contributed by atoms with Crippen molar-refractivity contribution in [3.63, 3.8) is 0 Å². The van der Waals surface area contributed by atoms with Crippen LogP contribution in [0.15, 0.2) is 24.3 Å². The van der Waals surface area contributed by atoms with Gasteiger partial charge in [-0.15, -0.1) is 10.5 Å². The summed E-state index contributed by atoms with van der Waals surface area (Å²) in [7, 11) is 0. The molecule has 1 aromatic rings. The number of terminal acetylenes is 1. The highest BCUT2D eigenvalue weighted by molar-refractivity contribution is 9.07. The number of carbonyl (C=O) groups excluding carboxylic acids is 1. The van der Waals surface area contributed by atoms with Crippen LogP contribution in [0.4, 0.5) is 14.9 Å². The van der Waals surface area contributed by atoms with Crippen molar-refractivity contribution < 1.29 is 13.9 Å². The number of hydrazine groups is 1. The highest BCUT2D eigenvalue weighted by Crippen LogP contribution is 2.55. The topological polar surface area (TPSA) is 32.8 Å². The van der Waals surface area contributed by atoms with Gasteiger partial charge in [-0.2, -0.15) is 0 Å². The van der Waals surface area contributed by atoms with E-state index >= 15 is 0 Å². The Morgan fingerprint density at radius 3 is 2.57 bits per heavy atom. The van der Waals surface area contributed by atoms with Crippen LogP contribution in [0.5, 0.6) is 0 Å². The number of halogens is 2. The zero-order valence-electron chi connectivity index (χ0n) is 13.3. The third-order valence-corrected chi connectivity index (χ3v) is 5.97. The molecule has 1 aliphatic heterocycles. The van der Waals surface area contributed by atoms with Gasteiger partial charge in [-0.05, 0) is 30.8 Å². The van der Waals surface area contributed by atoms with Crippen molar-refractivity contribution in [1.29, 1.82) is 0 Å². The minimum atomic E-state index is -1.11. The predicted octanol–water partition coefficient (Wildman–Crippen LogP) is 4.76. The molecule has 0 spiro atoms. The fraction of sp³-hybridized carbons (Fsp3) is 0.438. The van der Waals surface area contributed by atoms with Crippen molar-refractivity contribution in [1.82, 2.24) is 4.03 Å². The number of rotatable bonds is 3. The van der Waals surface area contributed by atoms with E-state index in [9.17, 15) is 9.18 Å². The molecular formula is C16H18BrFN2O2S. The van der Waals surface area contributed by atoms with Crippen molar-refractivity contribution in [3.8, 4) is 12.3 Å². The second kappa shape index (κ2) is 6.44. The number of anilines is 1. The van der Waals surface area contributed by atoms with Crippen LogP contribution < -0.4 is 5.01 Å². The van der Waals surface area contributed by atoms with E-state index in [1.165, 1.54) is 21.2 Å². The summed E-state index contributed by atoms with van der Waals surface area (Å²) in [5.41, 5.74) is -0.355. The third-order valence-electron chi connectivity index (χ3n) is 3.42. The van der Waals surface area contributed by atoms with E-state index in [1.54, 1.807) is 19.1 Å². The molecule has 2 unspecified atom stereocenters. The SMILES string of the molecule is C#CC(C)OC1(C(C)(C)C)SC(=O)N(c2ccccc2F)N1Br. The molecule has 7 heteroatoms. The van der Waals surface area contributed by atoms with Crippen LogP contribution in [-0.2, 0) is 4.74 Å². The quantitative estimate of drug-likeness (QED) is 0.540. The second-order valence-corrected chi connectivity index (χ2v) is 7.93. The summed E-state index contributed by atoms with van der Waals surface area (Å²) in [5.74, 6) is 2.00. The number of nitrogens with zero attached hydrogens (tertiary/aromatic N) is 2. The molecule has 0 radical (unpaired) electrons. The van der Waals surface area contributed by atoms with Gasteiger partial charge < -0.3 is 4.74 Å². The summed E-state index contributed by atoms with van der Waals surface area (Å²) in [5, 5.41) is -0.252. The number of ether oxygens (including phenoxy) is 1. The van der Waals surface area contributed by atoms with Crippen molar-refractivity contribution >= 4 is 38.8 Å². The van der Waals surface area contributed by atoms with Crippen LogP contribution >= 0.6 is 27.9 Å². The summed E-state index contributed by atoms with van der Waals surface area (Å²) < 4.78 is 21.6. The molecule has 0 N–H and O–H groups in total. The van der Waals surface area contributed by atoms with Crippen LogP contribution in [0.25, 0.3) is 0 Å². The molecule has 1 amide bonds. The summed E-state index contributed by atoms with van der Waals surface area (Å²) in [6.45, 7) is 7.51. The van der Waals surface area contributed by atoms with E-state index in [0.717, 1.165) is 11.8 Å². The van der Waals surface area contributed by atoms with Gasteiger partial charge in [0.15, 0.2) is 0 Å². The van der Waals surface area contributed by atoms with Crippen molar-refractivity contribution in [2.75, 3.05) is 5.01 Å². The van der Waals surface area contributed by atoms with Gasteiger partial charge in [0.05, 0.1) is 5.69 Å². The lowest BCUT2D eigenvalue weighted by molar-refractivity contribution is -0.118. The van der Waals surface area contributed by atoms with E-state index in [4.69, 9.17) is 11.2 Å². The molecule has 1 aliphatic rings. The summed E-state index contributed by atoms with van der Waals surface area (Å²) in [6, 6.07) is 6.07. The standard InChI is InChI=1S/C16H18BrFN2O2S/c1-6-11(2)22-16(15(3,4)5)20(17)19(14(21)23-16)13-10-8-7-9-12(13)18/h1,7-11H,2-5H3. The van der Waals surface area contributed by atoms with Crippen molar-refractivity contribution in [2.24, 2.45) is 5.41 Å². The van der Waals surface area contributed by atoms with E-state index in [0.29, 0.717) is 0 Å². The van der Waals surface area contributed by atoms with E-state index < -0.39 is 22.4 Å². The van der Waals surface area contributed by atoms with Gasteiger partial charge in [0.25, 0.3) is 0 Å². The Bertz CT molecular complexity index is 658. The normalized spacial score (nSPS) is 23.9. The van der Waals surface area contributed by atoms with Gasteiger partial charge in [-0.25, -0.2) is 9.40 Å². The molecule has 1 saturated heterocycles. The summed E-state index contributed by atoms with van der Waals surface area (Å²) in [6.07, 6.45) is 4.91. The van der Waals surface area contributed by atoms with Crippen LogP contribution in [0, 0.1) is 23.6 Å². The van der Waals surface area contributed by atoms with E-state index in [2.05, 4.69) is 22.1 Å². The number of hydrogen-bond acceptors (Lipinski definition) is 4. The molecule has 2 rings (SSSR count). The number of para-hydroxylation sites is 1. The maximum Gasteiger partial charge on any atom is 0.305 e. The Balaban J connectivity index is 2.51. The smallest absolute Gasteiger partial charge is 0.305 e. The van der Waals surface area contributed by atoms with Gasteiger partial charge in [0.2, 0.25) is 5.06 Å². The largest absolute Gasteiger partial charge is 0.332 e. The second-order valence-electron chi connectivity index (χ2n) is 6.15. The molecule has 1 heterocycles. The van der Waals surface area contributed by atoms with Crippen molar-refractivity contribution in [2.45, 2.75) is 38.9 Å². The third kappa shape index (κ3) is 3.13. The molecule has 1 aromatic carbocycles. The average Bonchev–Trinajstić information content (AvgIpc) is 2.71. The van der Waals surface area contributed by atoms with E-state index in [-0.39, 0.29) is 10.9 Å². The minimum absolute atomic E-state index is 0.143. The zero-order chi connectivity index (χ0) is 17.4. The van der Waals surface area contributed by atoms with Gasteiger partial charge >= 0.3 is 5.24 Å². The lowest BCUT2D eigenvalue weighted by atomic mass is 9.93. The first-order chi connectivity index (χ1) is 10.6. The number of amides is 1. The van der Waals surface area contributed by atoms with Crippen LogP contribution in [0.3, 0.4) is 0 Å². The molecule has 1 fully saturated rings. The maximum atomic E-state index is 14.1.